The number of nitrogens with zero attached hydrogens (tertiary/aromatic N) is 1. The molecule has 17 heavy (non-hydrogen) atoms. The fraction of sp³-hybridized carbons (Fsp3) is 0.200. The molecule has 0 radical (unpaired) electrons. The van der Waals surface area contributed by atoms with E-state index < -0.39 is 11.5 Å². The molecule has 2 aromatic rings. The van der Waals surface area contributed by atoms with Crippen molar-refractivity contribution in [1.29, 1.82) is 0 Å². The number of halogens is 1. The predicted octanol–water partition coefficient (Wildman–Crippen LogP) is 1.76. The Kier molecular flexibility index (Phi) is 3.10. The maximum atomic E-state index is 13.6. The van der Waals surface area contributed by atoms with Crippen molar-refractivity contribution in [3.05, 3.63) is 39.3 Å². The highest BCUT2D eigenvalue weighted by molar-refractivity contribution is 7.71. The molecular formula is C10H10FN3O2S. The highest BCUT2D eigenvalue weighted by Gasteiger charge is 2.08. The third kappa shape index (κ3) is 2.14. The molecule has 0 aliphatic heterocycles. The number of hydrogen-bond acceptors (Lipinski definition) is 3. The third-order valence-electron chi connectivity index (χ3n) is 2.16. The summed E-state index contributed by atoms with van der Waals surface area (Å²) in [5.74, 6) is -0.387. The molecule has 2 N–H and O–H groups in total. The van der Waals surface area contributed by atoms with Crippen molar-refractivity contribution in [1.82, 2.24) is 14.8 Å². The van der Waals surface area contributed by atoms with Gasteiger partial charge in [-0.2, -0.15) is 0 Å². The van der Waals surface area contributed by atoms with Crippen molar-refractivity contribution in [2.24, 2.45) is 0 Å². The molecule has 1 aromatic heterocycles. The van der Waals surface area contributed by atoms with Crippen LogP contribution < -0.4 is 10.4 Å². The molecule has 1 heterocycles. The summed E-state index contributed by atoms with van der Waals surface area (Å²) in [4.78, 5) is 11.4. The Morgan fingerprint density at radius 2 is 2.24 bits per heavy atom. The highest BCUT2D eigenvalue weighted by atomic mass is 32.1. The molecule has 5 nitrogen and oxygen atoms in total. The first kappa shape index (κ1) is 11.6. The van der Waals surface area contributed by atoms with Crippen LogP contribution in [-0.2, 0) is 0 Å². The van der Waals surface area contributed by atoms with E-state index in [4.69, 9.17) is 17.0 Å². The lowest BCUT2D eigenvalue weighted by Gasteiger charge is -2.06. The van der Waals surface area contributed by atoms with Crippen molar-refractivity contribution in [3.8, 4) is 11.4 Å². The van der Waals surface area contributed by atoms with Crippen LogP contribution >= 0.6 is 12.2 Å². The topological polar surface area (TPSA) is 62.8 Å². The molecule has 0 saturated carbocycles. The van der Waals surface area contributed by atoms with Gasteiger partial charge in [0.05, 0.1) is 12.3 Å². The van der Waals surface area contributed by atoms with Gasteiger partial charge in [0.1, 0.15) is 0 Å². The van der Waals surface area contributed by atoms with Crippen molar-refractivity contribution in [2.45, 2.75) is 6.92 Å². The smallest absolute Gasteiger partial charge is 0.347 e. The molecule has 0 aliphatic rings. The summed E-state index contributed by atoms with van der Waals surface area (Å²) in [6, 6.07) is 4.22. The van der Waals surface area contributed by atoms with Gasteiger partial charge in [0.25, 0.3) is 0 Å². The molecule has 0 atom stereocenters. The Morgan fingerprint density at radius 1 is 1.47 bits per heavy atom. The number of rotatable bonds is 3. The SMILES string of the molecule is CCOc1ccc(-n2c(=O)[nH][nH]c2=S)cc1F. The van der Waals surface area contributed by atoms with Gasteiger partial charge in [-0.3, -0.25) is 5.10 Å². The van der Waals surface area contributed by atoms with E-state index in [0.717, 1.165) is 4.57 Å². The van der Waals surface area contributed by atoms with E-state index in [1.165, 1.54) is 12.1 Å². The van der Waals surface area contributed by atoms with Crippen LogP contribution in [0.5, 0.6) is 5.75 Å². The lowest BCUT2D eigenvalue weighted by Crippen LogP contribution is -2.15. The Hall–Kier alpha value is -1.89. The fourth-order valence-corrected chi connectivity index (χ4v) is 1.69. The first-order chi connectivity index (χ1) is 8.13. The maximum Gasteiger partial charge on any atom is 0.347 e. The monoisotopic (exact) mass is 255 g/mol. The molecule has 0 aliphatic carbocycles. The van der Waals surface area contributed by atoms with Gasteiger partial charge in [-0.05, 0) is 31.3 Å². The summed E-state index contributed by atoms with van der Waals surface area (Å²) < 4.78 is 20.0. The van der Waals surface area contributed by atoms with Gasteiger partial charge < -0.3 is 4.74 Å². The zero-order chi connectivity index (χ0) is 12.4. The maximum absolute atomic E-state index is 13.6. The predicted molar refractivity (Wildman–Crippen MR) is 62.7 cm³/mol. The number of aromatic amines is 2. The molecule has 0 amide bonds. The minimum Gasteiger partial charge on any atom is -0.491 e. The Labute approximate surface area is 101 Å². The average Bonchev–Trinajstić information content (AvgIpc) is 2.62. The summed E-state index contributed by atoms with van der Waals surface area (Å²) in [6.07, 6.45) is 0. The molecule has 90 valence electrons. The normalized spacial score (nSPS) is 10.5. The molecule has 0 unspecified atom stereocenters. The van der Waals surface area contributed by atoms with Crippen molar-refractivity contribution >= 4 is 12.2 Å². The molecule has 7 heteroatoms. The van der Waals surface area contributed by atoms with E-state index in [9.17, 15) is 9.18 Å². The zero-order valence-electron chi connectivity index (χ0n) is 8.99. The standard InChI is InChI=1S/C10H10FN3O2S/c1-2-16-8-4-3-6(5-7(8)11)14-9(15)12-13-10(14)17/h3-5H,2H2,1H3,(H,12,15)(H,13,17). The molecule has 2 rings (SSSR count). The van der Waals surface area contributed by atoms with Crippen LogP contribution in [0, 0.1) is 10.6 Å². The number of aromatic nitrogens is 3. The summed E-state index contributed by atoms with van der Waals surface area (Å²) in [6.45, 7) is 2.14. The molecule has 0 fully saturated rings. The lowest BCUT2D eigenvalue weighted by atomic mass is 10.3. The largest absolute Gasteiger partial charge is 0.491 e. The first-order valence-electron chi connectivity index (χ1n) is 4.96. The van der Waals surface area contributed by atoms with Crippen LogP contribution in [0.3, 0.4) is 0 Å². The molecule has 0 bridgehead atoms. The van der Waals surface area contributed by atoms with E-state index in [-0.39, 0.29) is 10.5 Å². The molecular weight excluding hydrogens is 245 g/mol. The van der Waals surface area contributed by atoms with Crippen LogP contribution in [0.15, 0.2) is 23.0 Å². The Bertz CT molecular complexity index is 616. The van der Waals surface area contributed by atoms with Crippen molar-refractivity contribution in [3.63, 3.8) is 0 Å². The van der Waals surface area contributed by atoms with Gasteiger partial charge in [0.2, 0.25) is 4.77 Å². The first-order valence-corrected chi connectivity index (χ1v) is 5.36. The molecule has 0 saturated heterocycles. The van der Waals surface area contributed by atoms with E-state index in [1.807, 2.05) is 0 Å². The minimum absolute atomic E-state index is 0.148. The summed E-state index contributed by atoms with van der Waals surface area (Å²) in [5.41, 5.74) is -0.1000. The third-order valence-corrected chi connectivity index (χ3v) is 2.44. The van der Waals surface area contributed by atoms with Gasteiger partial charge >= 0.3 is 5.69 Å². The van der Waals surface area contributed by atoms with Crippen LogP contribution in [0.4, 0.5) is 4.39 Å². The second kappa shape index (κ2) is 4.54. The van der Waals surface area contributed by atoms with Crippen LogP contribution in [0.25, 0.3) is 5.69 Å². The second-order valence-electron chi connectivity index (χ2n) is 3.24. The van der Waals surface area contributed by atoms with Gasteiger partial charge in [-0.15, -0.1) is 0 Å². The van der Waals surface area contributed by atoms with E-state index >= 15 is 0 Å². The summed E-state index contributed by atoms with van der Waals surface area (Å²) >= 11 is 4.90. The second-order valence-corrected chi connectivity index (χ2v) is 3.63. The number of nitrogens with one attached hydrogen (secondary N) is 2. The van der Waals surface area contributed by atoms with E-state index in [1.54, 1.807) is 13.0 Å². The van der Waals surface area contributed by atoms with Crippen LogP contribution in [0.2, 0.25) is 0 Å². The van der Waals surface area contributed by atoms with Gasteiger partial charge in [-0.25, -0.2) is 18.9 Å². The van der Waals surface area contributed by atoms with Crippen molar-refractivity contribution < 1.29 is 9.13 Å². The van der Waals surface area contributed by atoms with E-state index in [0.29, 0.717) is 12.3 Å². The number of H-pyrrole nitrogens is 2. The average molecular weight is 255 g/mol. The fourth-order valence-electron chi connectivity index (χ4n) is 1.45. The van der Waals surface area contributed by atoms with Gasteiger partial charge in [-0.1, -0.05) is 0 Å². The number of ether oxygens (including phenoxy) is 1. The summed E-state index contributed by atoms with van der Waals surface area (Å²) in [7, 11) is 0. The van der Waals surface area contributed by atoms with Gasteiger partial charge in [0, 0.05) is 6.07 Å². The Morgan fingerprint density at radius 3 is 2.76 bits per heavy atom. The highest BCUT2D eigenvalue weighted by Crippen LogP contribution is 2.19. The minimum atomic E-state index is -0.535. The van der Waals surface area contributed by atoms with E-state index in [2.05, 4.69) is 10.2 Å². The zero-order valence-corrected chi connectivity index (χ0v) is 9.81. The molecule has 1 aromatic carbocycles. The number of hydrogen-bond donors (Lipinski definition) is 2. The van der Waals surface area contributed by atoms with Crippen LogP contribution in [-0.4, -0.2) is 21.4 Å². The lowest BCUT2D eigenvalue weighted by molar-refractivity contribution is 0.321. The summed E-state index contributed by atoms with van der Waals surface area (Å²) in [5, 5.41) is 4.80. The molecule has 0 spiro atoms. The number of benzene rings is 1. The quantitative estimate of drug-likeness (QED) is 0.821. The van der Waals surface area contributed by atoms with Crippen molar-refractivity contribution in [2.75, 3.05) is 6.61 Å². The van der Waals surface area contributed by atoms with Crippen LogP contribution in [0.1, 0.15) is 6.92 Å². The van der Waals surface area contributed by atoms with Gasteiger partial charge in [0.15, 0.2) is 11.6 Å². The Balaban J connectivity index is 2.52.